The summed E-state index contributed by atoms with van der Waals surface area (Å²) in [5, 5.41) is 0.730. The van der Waals surface area contributed by atoms with Gasteiger partial charge in [-0.1, -0.05) is 43.0 Å². The lowest BCUT2D eigenvalue weighted by Gasteiger charge is -2.26. The van der Waals surface area contributed by atoms with Crippen LogP contribution in [0.2, 0.25) is 0 Å². The van der Waals surface area contributed by atoms with E-state index in [0.717, 1.165) is 16.4 Å². The Kier molecular flexibility index (Phi) is 2.20. The Labute approximate surface area is 100 Å². The molecule has 0 saturated carbocycles. The number of rotatable bonds is 1. The van der Waals surface area contributed by atoms with Crippen molar-refractivity contribution in [2.75, 3.05) is 0 Å². The second kappa shape index (κ2) is 3.61. The average Bonchev–Trinajstić information content (AvgIpc) is 2.39. The highest BCUT2D eigenvalue weighted by Gasteiger charge is 2.32. The smallest absolute Gasteiger partial charge is 0.299 e. The van der Waals surface area contributed by atoms with E-state index >= 15 is 0 Å². The molecule has 1 atom stereocenters. The average molecular weight is 242 g/mol. The summed E-state index contributed by atoms with van der Waals surface area (Å²) in [5.41, 5.74) is 1.95. The van der Waals surface area contributed by atoms with Crippen molar-refractivity contribution >= 4 is 12.7 Å². The molecular weight excluding hydrogens is 231 g/mol. The first kappa shape index (κ1) is 10.4. The second-order valence-corrected chi connectivity index (χ2v) is 6.11. The molecule has 3 rings (SSSR count). The van der Waals surface area contributed by atoms with Gasteiger partial charge in [-0.15, -0.1) is 0 Å². The van der Waals surface area contributed by atoms with Crippen molar-refractivity contribution < 1.29 is 9.09 Å². The number of hydrogen-bond acceptors (Lipinski definition) is 2. The summed E-state index contributed by atoms with van der Waals surface area (Å²) in [6, 6.07) is 15.2. The molecule has 2 nitrogen and oxygen atoms in total. The lowest BCUT2D eigenvalue weighted by Crippen LogP contribution is -2.15. The van der Waals surface area contributed by atoms with E-state index in [1.165, 1.54) is 5.82 Å². The van der Waals surface area contributed by atoms with Gasteiger partial charge in [0.25, 0.3) is 7.37 Å². The van der Waals surface area contributed by atoms with Crippen LogP contribution in [0.1, 0.15) is 0 Å². The molecule has 0 saturated heterocycles. The number of hydrogen-bond donors (Lipinski definition) is 0. The van der Waals surface area contributed by atoms with Gasteiger partial charge in [0.15, 0.2) is 0 Å². The standard InChI is InChI=1S/C14H11O2P/c1-2-17(15)14-10-6-4-8-12(14)11-7-3-5-9-13(11)16-17/h2-10H,1H2. The molecule has 1 heterocycles. The highest BCUT2D eigenvalue weighted by Crippen LogP contribution is 2.54. The summed E-state index contributed by atoms with van der Waals surface area (Å²) < 4.78 is 18.3. The molecule has 1 aliphatic heterocycles. The second-order valence-electron chi connectivity index (χ2n) is 3.88. The largest absolute Gasteiger partial charge is 0.437 e. The van der Waals surface area contributed by atoms with Crippen molar-refractivity contribution in [1.82, 2.24) is 0 Å². The van der Waals surface area contributed by atoms with Gasteiger partial charge in [0, 0.05) is 11.4 Å². The molecule has 0 amide bonds. The van der Waals surface area contributed by atoms with Gasteiger partial charge in [-0.05, 0) is 17.7 Å². The molecular formula is C14H11O2P. The predicted molar refractivity (Wildman–Crippen MR) is 69.9 cm³/mol. The van der Waals surface area contributed by atoms with Gasteiger partial charge in [-0.25, -0.2) is 0 Å². The van der Waals surface area contributed by atoms with Crippen molar-refractivity contribution in [2.45, 2.75) is 0 Å². The molecule has 3 heteroatoms. The van der Waals surface area contributed by atoms with E-state index in [-0.39, 0.29) is 0 Å². The molecule has 2 aromatic carbocycles. The first-order chi connectivity index (χ1) is 8.24. The predicted octanol–water partition coefficient (Wildman–Crippen LogP) is 3.79. The van der Waals surface area contributed by atoms with Crippen LogP contribution in [-0.2, 0) is 4.57 Å². The molecule has 1 aliphatic rings. The molecule has 0 radical (unpaired) electrons. The maximum Gasteiger partial charge on any atom is 0.299 e. The van der Waals surface area contributed by atoms with Crippen molar-refractivity contribution in [1.29, 1.82) is 0 Å². The first-order valence-corrected chi connectivity index (χ1v) is 7.06. The fourth-order valence-electron chi connectivity index (χ4n) is 2.07. The van der Waals surface area contributed by atoms with E-state index < -0.39 is 7.37 Å². The van der Waals surface area contributed by atoms with E-state index in [9.17, 15) is 4.57 Å². The minimum absolute atomic E-state index is 0.662. The minimum atomic E-state index is -2.95. The lowest BCUT2D eigenvalue weighted by molar-refractivity contribution is 0.501. The first-order valence-electron chi connectivity index (χ1n) is 5.36. The molecule has 2 aromatic rings. The number of para-hydroxylation sites is 1. The zero-order chi connectivity index (χ0) is 11.9. The Morgan fingerprint density at radius 1 is 1.00 bits per heavy atom. The number of benzene rings is 2. The third-order valence-corrected chi connectivity index (χ3v) is 4.90. The summed E-state index contributed by atoms with van der Waals surface area (Å²) in [6.07, 6.45) is 0. The Bertz CT molecular complexity index is 646. The van der Waals surface area contributed by atoms with Crippen molar-refractivity contribution in [3.8, 4) is 16.9 Å². The van der Waals surface area contributed by atoms with E-state index in [2.05, 4.69) is 6.58 Å². The molecule has 0 fully saturated rings. The van der Waals surface area contributed by atoms with Crippen molar-refractivity contribution in [3.63, 3.8) is 0 Å². The third kappa shape index (κ3) is 1.45. The summed E-state index contributed by atoms with van der Waals surface area (Å²) in [5.74, 6) is 2.08. The van der Waals surface area contributed by atoms with Crippen LogP contribution in [0.3, 0.4) is 0 Å². The highest BCUT2D eigenvalue weighted by molar-refractivity contribution is 7.70. The zero-order valence-electron chi connectivity index (χ0n) is 9.17. The Morgan fingerprint density at radius 3 is 2.41 bits per heavy atom. The van der Waals surface area contributed by atoms with Crippen LogP contribution in [0.15, 0.2) is 60.9 Å². The lowest BCUT2D eigenvalue weighted by atomic mass is 10.0. The summed E-state index contributed by atoms with van der Waals surface area (Å²) in [7, 11) is -2.95. The fourth-order valence-corrected chi connectivity index (χ4v) is 3.72. The number of fused-ring (bicyclic) bond motifs is 3. The summed E-state index contributed by atoms with van der Waals surface area (Å²) in [4.78, 5) is 0. The normalized spacial score (nSPS) is 20.9. The van der Waals surface area contributed by atoms with Crippen molar-refractivity contribution in [2.24, 2.45) is 0 Å². The van der Waals surface area contributed by atoms with Gasteiger partial charge in [0.1, 0.15) is 5.75 Å². The van der Waals surface area contributed by atoms with Crippen LogP contribution in [0, 0.1) is 0 Å². The topological polar surface area (TPSA) is 26.3 Å². The van der Waals surface area contributed by atoms with Crippen molar-refractivity contribution in [3.05, 3.63) is 60.9 Å². The molecule has 0 bridgehead atoms. The highest BCUT2D eigenvalue weighted by atomic mass is 31.2. The van der Waals surface area contributed by atoms with Crippen LogP contribution in [-0.4, -0.2) is 0 Å². The Hall–Kier alpha value is -1.79. The monoisotopic (exact) mass is 242 g/mol. The van der Waals surface area contributed by atoms with E-state index in [4.69, 9.17) is 4.52 Å². The van der Waals surface area contributed by atoms with Crippen LogP contribution in [0.25, 0.3) is 11.1 Å². The Morgan fingerprint density at radius 2 is 1.65 bits per heavy atom. The van der Waals surface area contributed by atoms with Gasteiger partial charge in [-0.2, -0.15) is 0 Å². The quantitative estimate of drug-likeness (QED) is 0.711. The SMILES string of the molecule is C=CP1(=O)Oc2ccccc2-c2ccccc21. The molecule has 0 N–H and O–H groups in total. The van der Waals surface area contributed by atoms with Crippen LogP contribution in [0.4, 0.5) is 0 Å². The van der Waals surface area contributed by atoms with E-state index in [1.807, 2.05) is 48.5 Å². The molecule has 84 valence electrons. The molecule has 0 aromatic heterocycles. The molecule has 17 heavy (non-hydrogen) atoms. The minimum Gasteiger partial charge on any atom is -0.437 e. The summed E-state index contributed by atoms with van der Waals surface area (Å²) >= 11 is 0. The van der Waals surface area contributed by atoms with Crippen LogP contribution in [0.5, 0.6) is 5.75 Å². The van der Waals surface area contributed by atoms with Gasteiger partial charge in [-0.3, -0.25) is 4.57 Å². The van der Waals surface area contributed by atoms with Gasteiger partial charge in [0.2, 0.25) is 0 Å². The Balaban J connectivity index is 2.38. The maximum atomic E-state index is 12.6. The van der Waals surface area contributed by atoms with Crippen LogP contribution >= 0.6 is 7.37 Å². The van der Waals surface area contributed by atoms with Gasteiger partial charge >= 0.3 is 0 Å². The fraction of sp³-hybridized carbons (Fsp3) is 0. The molecule has 1 unspecified atom stereocenters. The maximum absolute atomic E-state index is 12.6. The third-order valence-electron chi connectivity index (χ3n) is 2.89. The van der Waals surface area contributed by atoms with E-state index in [1.54, 1.807) is 0 Å². The van der Waals surface area contributed by atoms with Gasteiger partial charge in [0.05, 0.1) is 5.30 Å². The molecule has 0 aliphatic carbocycles. The zero-order valence-corrected chi connectivity index (χ0v) is 10.1. The van der Waals surface area contributed by atoms with Crippen LogP contribution < -0.4 is 9.83 Å². The molecule has 0 spiro atoms. The summed E-state index contributed by atoms with van der Waals surface area (Å²) in [6.45, 7) is 3.64. The van der Waals surface area contributed by atoms with Gasteiger partial charge < -0.3 is 4.52 Å². The van der Waals surface area contributed by atoms with E-state index in [0.29, 0.717) is 5.75 Å².